The van der Waals surface area contributed by atoms with Crippen LogP contribution in [0.5, 0.6) is 5.75 Å². The second kappa shape index (κ2) is 9.94. The minimum absolute atomic E-state index is 0.00742. The minimum atomic E-state index is -1.01. The summed E-state index contributed by atoms with van der Waals surface area (Å²) in [6.07, 6.45) is -1.01. The smallest absolute Gasteiger partial charge is 0.340 e. The first-order chi connectivity index (χ1) is 13.3. The van der Waals surface area contributed by atoms with E-state index >= 15 is 0 Å². The number of methoxy groups -OCH3 is 1. The summed E-state index contributed by atoms with van der Waals surface area (Å²) in [5.74, 6) is -0.305. The number of carbonyl (C=O) groups is 3. The molecule has 0 aliphatic carbocycles. The molecule has 148 valence electrons. The van der Waals surface area contributed by atoms with Crippen LogP contribution in [0.1, 0.15) is 29.8 Å². The lowest BCUT2D eigenvalue weighted by atomic mass is 10.2. The lowest BCUT2D eigenvalue weighted by molar-refractivity contribution is -0.123. The van der Waals surface area contributed by atoms with Gasteiger partial charge in [0.25, 0.3) is 5.91 Å². The van der Waals surface area contributed by atoms with E-state index in [1.165, 1.54) is 32.7 Å². The van der Waals surface area contributed by atoms with Crippen molar-refractivity contribution < 1.29 is 23.9 Å². The lowest BCUT2D eigenvalue weighted by Crippen LogP contribution is -2.30. The molecule has 28 heavy (non-hydrogen) atoms. The van der Waals surface area contributed by atoms with Crippen molar-refractivity contribution in [1.29, 1.82) is 0 Å². The van der Waals surface area contributed by atoms with Crippen LogP contribution in [0.25, 0.3) is 0 Å². The Balaban J connectivity index is 2.07. The fourth-order valence-electron chi connectivity index (χ4n) is 2.37. The zero-order valence-electron chi connectivity index (χ0n) is 16.3. The summed E-state index contributed by atoms with van der Waals surface area (Å²) in [6, 6.07) is 12.2. The molecule has 0 bridgehead atoms. The number of ether oxygens (including phenoxy) is 2. The van der Waals surface area contributed by atoms with Crippen LogP contribution >= 0.6 is 11.8 Å². The van der Waals surface area contributed by atoms with E-state index in [0.29, 0.717) is 21.9 Å². The highest BCUT2D eigenvalue weighted by molar-refractivity contribution is 8.00. The largest absolute Gasteiger partial charge is 0.495 e. The van der Waals surface area contributed by atoms with Crippen LogP contribution in [0.2, 0.25) is 0 Å². The van der Waals surface area contributed by atoms with Crippen LogP contribution < -0.4 is 10.1 Å². The molecule has 0 aliphatic rings. The van der Waals surface area contributed by atoms with Gasteiger partial charge < -0.3 is 14.8 Å². The number of thioether (sulfide) groups is 1. The van der Waals surface area contributed by atoms with Gasteiger partial charge in [-0.3, -0.25) is 9.59 Å². The number of anilines is 1. The number of rotatable bonds is 8. The Morgan fingerprint density at radius 3 is 2.54 bits per heavy atom. The Hall–Kier alpha value is -2.80. The van der Waals surface area contributed by atoms with Crippen LogP contribution in [-0.4, -0.2) is 36.6 Å². The molecule has 0 saturated carbocycles. The summed E-state index contributed by atoms with van der Waals surface area (Å²) in [6.45, 7) is 4.88. The maximum atomic E-state index is 12.5. The van der Waals surface area contributed by atoms with Crippen molar-refractivity contribution in [3.63, 3.8) is 0 Å². The van der Waals surface area contributed by atoms with E-state index in [1.807, 2.05) is 13.0 Å². The molecule has 7 heteroatoms. The molecule has 0 aliphatic heterocycles. The Labute approximate surface area is 168 Å². The van der Waals surface area contributed by atoms with Crippen molar-refractivity contribution >= 4 is 35.1 Å². The third kappa shape index (κ3) is 5.85. The molecular weight excluding hydrogens is 378 g/mol. The van der Waals surface area contributed by atoms with Gasteiger partial charge in [-0.1, -0.05) is 18.2 Å². The molecule has 0 fully saturated rings. The molecular formula is C21H23NO5S. The SMILES string of the molecule is COc1ccc(C)cc1NC(=O)[C@H](C)OC(=O)c1ccccc1SCC(C)=O. The number of nitrogens with one attached hydrogen (secondary N) is 1. The van der Waals surface area contributed by atoms with Gasteiger partial charge in [0.15, 0.2) is 6.10 Å². The molecule has 2 aromatic rings. The van der Waals surface area contributed by atoms with E-state index in [2.05, 4.69) is 5.32 Å². The second-order valence-corrected chi connectivity index (χ2v) is 7.24. The molecule has 0 unspecified atom stereocenters. The van der Waals surface area contributed by atoms with Gasteiger partial charge in [-0.15, -0.1) is 11.8 Å². The predicted molar refractivity (Wildman–Crippen MR) is 109 cm³/mol. The van der Waals surface area contributed by atoms with Crippen molar-refractivity contribution in [1.82, 2.24) is 0 Å². The number of esters is 1. The zero-order chi connectivity index (χ0) is 20.7. The molecule has 0 radical (unpaired) electrons. The van der Waals surface area contributed by atoms with Crippen LogP contribution in [0.4, 0.5) is 5.69 Å². The van der Waals surface area contributed by atoms with Crippen LogP contribution in [0, 0.1) is 6.92 Å². The average molecular weight is 401 g/mol. The normalized spacial score (nSPS) is 11.4. The van der Waals surface area contributed by atoms with Crippen LogP contribution in [-0.2, 0) is 14.3 Å². The quantitative estimate of drug-likeness (QED) is 0.534. The third-order valence-corrected chi connectivity index (χ3v) is 5.02. The Bertz CT molecular complexity index is 881. The summed E-state index contributed by atoms with van der Waals surface area (Å²) in [4.78, 5) is 36.8. The van der Waals surface area contributed by atoms with Gasteiger partial charge in [-0.05, 0) is 50.6 Å². The molecule has 1 atom stereocenters. The number of benzene rings is 2. The highest BCUT2D eigenvalue weighted by Gasteiger charge is 2.22. The van der Waals surface area contributed by atoms with Gasteiger partial charge in [0.05, 0.1) is 24.1 Å². The first-order valence-corrected chi connectivity index (χ1v) is 9.68. The number of aryl methyl sites for hydroxylation is 1. The van der Waals surface area contributed by atoms with Crippen molar-refractivity contribution in [2.45, 2.75) is 31.8 Å². The molecule has 0 saturated heterocycles. The van der Waals surface area contributed by atoms with Crippen molar-refractivity contribution in [3.8, 4) is 5.75 Å². The number of ketones is 1. The topological polar surface area (TPSA) is 81.7 Å². The Kier molecular flexibility index (Phi) is 7.63. The van der Waals surface area contributed by atoms with E-state index in [1.54, 1.807) is 36.4 Å². The first-order valence-electron chi connectivity index (χ1n) is 8.69. The van der Waals surface area contributed by atoms with Gasteiger partial charge in [-0.25, -0.2) is 4.79 Å². The van der Waals surface area contributed by atoms with E-state index < -0.39 is 18.0 Å². The van der Waals surface area contributed by atoms with E-state index in [9.17, 15) is 14.4 Å². The number of Topliss-reactive ketones (excluding diaryl/α,β-unsaturated/α-hetero) is 1. The highest BCUT2D eigenvalue weighted by atomic mass is 32.2. The molecule has 0 heterocycles. The zero-order valence-corrected chi connectivity index (χ0v) is 17.1. The number of hydrogen-bond acceptors (Lipinski definition) is 6. The Morgan fingerprint density at radius 1 is 1.14 bits per heavy atom. The standard InChI is InChI=1S/C21H23NO5S/c1-13-9-10-18(26-4)17(11-13)22-20(24)15(3)27-21(25)16-7-5-6-8-19(16)28-12-14(2)23/h5-11,15H,12H2,1-4H3,(H,22,24)/t15-/m0/s1. The van der Waals surface area contributed by atoms with Crippen molar-refractivity contribution in [3.05, 3.63) is 53.6 Å². The van der Waals surface area contributed by atoms with Gasteiger partial charge >= 0.3 is 5.97 Å². The lowest BCUT2D eigenvalue weighted by Gasteiger charge is -2.16. The van der Waals surface area contributed by atoms with Crippen molar-refractivity contribution in [2.75, 3.05) is 18.2 Å². The van der Waals surface area contributed by atoms with Crippen molar-refractivity contribution in [2.24, 2.45) is 0 Å². The van der Waals surface area contributed by atoms with E-state index in [0.717, 1.165) is 5.56 Å². The molecule has 0 aromatic heterocycles. The van der Waals surface area contributed by atoms with Gasteiger partial charge in [0, 0.05) is 4.90 Å². The number of carbonyl (C=O) groups excluding carboxylic acids is 3. The third-order valence-electron chi connectivity index (χ3n) is 3.80. The van der Waals surface area contributed by atoms with Gasteiger partial charge in [0.1, 0.15) is 11.5 Å². The monoisotopic (exact) mass is 401 g/mol. The molecule has 1 amide bonds. The first kappa shape index (κ1) is 21.5. The fourth-order valence-corrected chi connectivity index (χ4v) is 3.21. The molecule has 2 aromatic carbocycles. The molecule has 2 rings (SSSR count). The van der Waals surface area contributed by atoms with E-state index in [4.69, 9.17) is 9.47 Å². The van der Waals surface area contributed by atoms with Gasteiger partial charge in [-0.2, -0.15) is 0 Å². The molecule has 1 N–H and O–H groups in total. The number of hydrogen-bond donors (Lipinski definition) is 1. The summed E-state index contributed by atoms with van der Waals surface area (Å²) < 4.78 is 10.6. The van der Waals surface area contributed by atoms with Crippen LogP contribution in [0.3, 0.4) is 0 Å². The summed E-state index contributed by atoms with van der Waals surface area (Å²) in [5, 5.41) is 2.72. The van der Waals surface area contributed by atoms with Gasteiger partial charge in [0.2, 0.25) is 0 Å². The Morgan fingerprint density at radius 2 is 1.86 bits per heavy atom. The summed E-state index contributed by atoms with van der Waals surface area (Å²) in [7, 11) is 1.51. The molecule has 0 spiro atoms. The minimum Gasteiger partial charge on any atom is -0.495 e. The maximum Gasteiger partial charge on any atom is 0.340 e. The second-order valence-electron chi connectivity index (χ2n) is 6.23. The predicted octanol–water partition coefficient (Wildman–Crippen LogP) is 3.87. The maximum absolute atomic E-state index is 12.5. The summed E-state index contributed by atoms with van der Waals surface area (Å²) >= 11 is 1.26. The highest BCUT2D eigenvalue weighted by Crippen LogP contribution is 2.26. The van der Waals surface area contributed by atoms with Crippen LogP contribution in [0.15, 0.2) is 47.4 Å². The number of amides is 1. The molecule has 6 nitrogen and oxygen atoms in total. The average Bonchev–Trinajstić information content (AvgIpc) is 2.66. The fraction of sp³-hybridized carbons (Fsp3) is 0.286. The summed E-state index contributed by atoms with van der Waals surface area (Å²) in [5.41, 5.74) is 1.78. The van der Waals surface area contributed by atoms with E-state index in [-0.39, 0.29) is 11.5 Å².